The standard InChI is InChI=1S/C27H30N2O5/c1-19-4-6-20(7-5-19)17-33-18-21-8-11-25-22(14-21)16-29(12-13-34-25)27(30)28-24-10-9-23(31-2)15-26(24)32-3/h4-11,14-15H,12-13,16-18H2,1-3H3,(H,28,30). The number of benzene rings is 3. The summed E-state index contributed by atoms with van der Waals surface area (Å²) in [6, 6.07) is 19.4. The molecule has 3 aromatic rings. The Morgan fingerprint density at radius 1 is 0.971 bits per heavy atom. The number of anilines is 1. The van der Waals surface area contributed by atoms with Gasteiger partial charge in [-0.05, 0) is 42.3 Å². The molecule has 0 saturated heterocycles. The third kappa shape index (κ3) is 5.80. The van der Waals surface area contributed by atoms with Crippen LogP contribution in [-0.2, 0) is 24.5 Å². The van der Waals surface area contributed by atoms with E-state index < -0.39 is 0 Å². The highest BCUT2D eigenvalue weighted by Crippen LogP contribution is 2.30. The van der Waals surface area contributed by atoms with E-state index in [0.29, 0.717) is 50.1 Å². The van der Waals surface area contributed by atoms with Crippen LogP contribution < -0.4 is 19.5 Å². The maximum Gasteiger partial charge on any atom is 0.322 e. The van der Waals surface area contributed by atoms with Crippen molar-refractivity contribution in [1.82, 2.24) is 4.90 Å². The van der Waals surface area contributed by atoms with Crippen LogP contribution in [0.15, 0.2) is 60.7 Å². The molecule has 7 heteroatoms. The van der Waals surface area contributed by atoms with Gasteiger partial charge in [-0.3, -0.25) is 0 Å². The van der Waals surface area contributed by atoms with Gasteiger partial charge in [0, 0.05) is 11.6 Å². The molecule has 178 valence electrons. The first-order valence-electron chi connectivity index (χ1n) is 11.2. The van der Waals surface area contributed by atoms with Crippen LogP contribution in [0.3, 0.4) is 0 Å². The number of nitrogens with one attached hydrogen (secondary N) is 1. The summed E-state index contributed by atoms with van der Waals surface area (Å²) in [6.45, 7) is 4.43. The second-order valence-corrected chi connectivity index (χ2v) is 8.19. The van der Waals surface area contributed by atoms with Crippen LogP contribution in [0, 0.1) is 6.92 Å². The molecule has 1 heterocycles. The summed E-state index contributed by atoms with van der Waals surface area (Å²) in [7, 11) is 3.15. The molecule has 0 unspecified atom stereocenters. The maximum absolute atomic E-state index is 13.0. The molecule has 0 spiro atoms. The van der Waals surface area contributed by atoms with Crippen molar-refractivity contribution in [3.05, 3.63) is 82.9 Å². The van der Waals surface area contributed by atoms with Crippen molar-refractivity contribution in [2.45, 2.75) is 26.7 Å². The lowest BCUT2D eigenvalue weighted by Crippen LogP contribution is -2.36. The molecule has 7 nitrogen and oxygen atoms in total. The highest BCUT2D eigenvalue weighted by Gasteiger charge is 2.21. The van der Waals surface area contributed by atoms with Gasteiger partial charge >= 0.3 is 6.03 Å². The van der Waals surface area contributed by atoms with Crippen molar-refractivity contribution in [3.8, 4) is 17.2 Å². The van der Waals surface area contributed by atoms with Crippen molar-refractivity contribution in [1.29, 1.82) is 0 Å². The van der Waals surface area contributed by atoms with Gasteiger partial charge in [0.1, 0.15) is 23.9 Å². The Bertz CT molecular complexity index is 1130. The summed E-state index contributed by atoms with van der Waals surface area (Å²) in [6.07, 6.45) is 0. The predicted molar refractivity (Wildman–Crippen MR) is 131 cm³/mol. The number of aryl methyl sites for hydroxylation is 1. The van der Waals surface area contributed by atoms with E-state index in [-0.39, 0.29) is 6.03 Å². The predicted octanol–water partition coefficient (Wildman–Crippen LogP) is 5.16. The minimum absolute atomic E-state index is 0.221. The van der Waals surface area contributed by atoms with Gasteiger partial charge in [0.2, 0.25) is 0 Å². The van der Waals surface area contributed by atoms with E-state index in [4.69, 9.17) is 18.9 Å². The largest absolute Gasteiger partial charge is 0.497 e. The average Bonchev–Trinajstić information content (AvgIpc) is 3.07. The first-order valence-corrected chi connectivity index (χ1v) is 11.2. The number of hydrogen-bond acceptors (Lipinski definition) is 5. The number of fused-ring (bicyclic) bond motifs is 1. The molecule has 1 aliphatic rings. The van der Waals surface area contributed by atoms with E-state index in [2.05, 4.69) is 36.5 Å². The monoisotopic (exact) mass is 462 g/mol. The van der Waals surface area contributed by atoms with E-state index in [9.17, 15) is 4.79 Å². The number of amides is 2. The Kier molecular flexibility index (Phi) is 7.54. The average molecular weight is 463 g/mol. The van der Waals surface area contributed by atoms with Crippen LogP contribution in [-0.4, -0.2) is 38.3 Å². The highest BCUT2D eigenvalue weighted by molar-refractivity contribution is 5.91. The Morgan fingerprint density at radius 2 is 1.74 bits per heavy atom. The van der Waals surface area contributed by atoms with Gasteiger partial charge in [0.05, 0.1) is 46.2 Å². The van der Waals surface area contributed by atoms with Crippen LogP contribution in [0.5, 0.6) is 17.2 Å². The molecule has 34 heavy (non-hydrogen) atoms. The Balaban J connectivity index is 1.40. The zero-order valence-corrected chi connectivity index (χ0v) is 19.8. The molecule has 0 aromatic heterocycles. The van der Waals surface area contributed by atoms with Gasteiger partial charge in [-0.25, -0.2) is 4.79 Å². The van der Waals surface area contributed by atoms with Gasteiger partial charge in [0.15, 0.2) is 0 Å². The molecule has 0 fully saturated rings. The van der Waals surface area contributed by atoms with E-state index in [1.54, 1.807) is 37.3 Å². The number of nitrogens with zero attached hydrogens (tertiary/aromatic N) is 1. The third-order valence-corrected chi connectivity index (χ3v) is 5.70. The van der Waals surface area contributed by atoms with Crippen LogP contribution in [0.2, 0.25) is 0 Å². The first kappa shape index (κ1) is 23.4. The molecular formula is C27H30N2O5. The molecule has 2 amide bonds. The van der Waals surface area contributed by atoms with Crippen molar-refractivity contribution >= 4 is 11.7 Å². The molecule has 0 saturated carbocycles. The number of methoxy groups -OCH3 is 2. The zero-order chi connectivity index (χ0) is 23.9. The first-order chi connectivity index (χ1) is 16.6. The van der Waals surface area contributed by atoms with E-state index in [1.807, 2.05) is 18.2 Å². The second-order valence-electron chi connectivity index (χ2n) is 8.19. The fourth-order valence-corrected chi connectivity index (χ4v) is 3.78. The van der Waals surface area contributed by atoms with Gasteiger partial charge in [-0.2, -0.15) is 0 Å². The Morgan fingerprint density at radius 3 is 2.50 bits per heavy atom. The topological polar surface area (TPSA) is 69.3 Å². The highest BCUT2D eigenvalue weighted by atomic mass is 16.5. The molecule has 0 aliphatic carbocycles. The quantitative estimate of drug-likeness (QED) is 0.526. The number of carbonyl (C=O) groups excluding carboxylic acids is 1. The summed E-state index contributed by atoms with van der Waals surface area (Å²) in [5.74, 6) is 1.98. The summed E-state index contributed by atoms with van der Waals surface area (Å²) in [5.41, 5.74) is 4.94. The molecule has 1 N–H and O–H groups in total. The van der Waals surface area contributed by atoms with Crippen molar-refractivity contribution in [2.75, 3.05) is 32.7 Å². The summed E-state index contributed by atoms with van der Waals surface area (Å²) in [5, 5.41) is 2.94. The Hall–Kier alpha value is -3.71. The lowest BCUT2D eigenvalue weighted by Gasteiger charge is -2.21. The molecule has 0 radical (unpaired) electrons. The number of rotatable bonds is 7. The lowest BCUT2D eigenvalue weighted by atomic mass is 10.1. The van der Waals surface area contributed by atoms with E-state index >= 15 is 0 Å². The third-order valence-electron chi connectivity index (χ3n) is 5.70. The number of ether oxygens (including phenoxy) is 4. The summed E-state index contributed by atoms with van der Waals surface area (Å²) >= 11 is 0. The maximum atomic E-state index is 13.0. The van der Waals surface area contributed by atoms with Crippen molar-refractivity contribution < 1.29 is 23.7 Å². The van der Waals surface area contributed by atoms with Crippen LogP contribution >= 0.6 is 0 Å². The molecule has 3 aromatic carbocycles. The molecule has 0 bridgehead atoms. The zero-order valence-electron chi connectivity index (χ0n) is 19.8. The number of hydrogen-bond donors (Lipinski definition) is 1. The summed E-state index contributed by atoms with van der Waals surface area (Å²) in [4.78, 5) is 14.8. The SMILES string of the molecule is COc1ccc(NC(=O)N2CCOc3ccc(COCc4ccc(C)cc4)cc3C2)c(OC)c1. The van der Waals surface area contributed by atoms with E-state index in [0.717, 1.165) is 22.4 Å². The minimum Gasteiger partial charge on any atom is -0.497 e. The number of carbonyl (C=O) groups is 1. The molecular weight excluding hydrogens is 432 g/mol. The second kappa shape index (κ2) is 10.9. The molecule has 4 rings (SSSR count). The van der Waals surface area contributed by atoms with Crippen LogP contribution in [0.4, 0.5) is 10.5 Å². The van der Waals surface area contributed by atoms with Crippen molar-refractivity contribution in [3.63, 3.8) is 0 Å². The fraction of sp³-hybridized carbons (Fsp3) is 0.296. The van der Waals surface area contributed by atoms with Gasteiger partial charge in [-0.1, -0.05) is 35.9 Å². The van der Waals surface area contributed by atoms with Gasteiger partial charge in [0.25, 0.3) is 0 Å². The lowest BCUT2D eigenvalue weighted by molar-refractivity contribution is 0.107. The molecule has 0 atom stereocenters. The Labute approximate surface area is 200 Å². The summed E-state index contributed by atoms with van der Waals surface area (Å²) < 4.78 is 22.4. The van der Waals surface area contributed by atoms with Crippen molar-refractivity contribution in [2.24, 2.45) is 0 Å². The van der Waals surface area contributed by atoms with Crippen LogP contribution in [0.1, 0.15) is 22.3 Å². The smallest absolute Gasteiger partial charge is 0.322 e. The molecule has 1 aliphatic heterocycles. The minimum atomic E-state index is -0.221. The fourth-order valence-electron chi connectivity index (χ4n) is 3.78. The van der Waals surface area contributed by atoms with Gasteiger partial charge < -0.3 is 29.2 Å². The van der Waals surface area contributed by atoms with E-state index in [1.165, 1.54) is 5.56 Å². The number of urea groups is 1. The van der Waals surface area contributed by atoms with Gasteiger partial charge in [-0.15, -0.1) is 0 Å². The normalized spacial score (nSPS) is 12.9. The van der Waals surface area contributed by atoms with Crippen LogP contribution in [0.25, 0.3) is 0 Å².